The average Bonchev–Trinajstić information content (AvgIpc) is 3.08. The molecule has 6 nitrogen and oxygen atoms in total. The van der Waals surface area contributed by atoms with E-state index in [4.69, 9.17) is 4.74 Å². The molecule has 3 atom stereocenters. The first-order chi connectivity index (χ1) is 13.8. The molecule has 1 aromatic rings. The zero-order valence-corrected chi connectivity index (χ0v) is 17.0. The van der Waals surface area contributed by atoms with Crippen LogP contribution < -0.4 is 5.32 Å². The Bertz CT molecular complexity index is 736. The molecule has 29 heavy (non-hydrogen) atoms. The smallest absolute Gasteiger partial charge is 0.254 e. The molecule has 2 aliphatic rings. The second-order valence-electron chi connectivity index (χ2n) is 7.99. The zero-order chi connectivity index (χ0) is 21.0. The van der Waals surface area contributed by atoms with Gasteiger partial charge in [0.1, 0.15) is 11.6 Å². The van der Waals surface area contributed by atoms with Gasteiger partial charge in [-0.25, -0.2) is 8.78 Å². The average molecular weight is 409 g/mol. The molecule has 2 heterocycles. The highest BCUT2D eigenvalue weighted by molar-refractivity contribution is 5.94. The van der Waals surface area contributed by atoms with Crippen molar-refractivity contribution < 1.29 is 23.1 Å². The van der Waals surface area contributed by atoms with Gasteiger partial charge in [0.25, 0.3) is 5.91 Å². The number of benzene rings is 1. The number of hydrogen-bond donors (Lipinski definition) is 1. The number of morpholine rings is 1. The van der Waals surface area contributed by atoms with Crippen molar-refractivity contribution in [3.8, 4) is 0 Å². The van der Waals surface area contributed by atoms with Crippen LogP contribution in [0.3, 0.4) is 0 Å². The van der Waals surface area contributed by atoms with Crippen LogP contribution >= 0.6 is 0 Å². The molecule has 0 aromatic heterocycles. The minimum absolute atomic E-state index is 0.0123. The van der Waals surface area contributed by atoms with Gasteiger partial charge in [0.2, 0.25) is 5.91 Å². The molecule has 2 saturated heterocycles. The summed E-state index contributed by atoms with van der Waals surface area (Å²) < 4.78 is 32.4. The number of rotatable bonds is 6. The summed E-state index contributed by atoms with van der Waals surface area (Å²) in [6, 6.07) is 2.97. The highest BCUT2D eigenvalue weighted by Crippen LogP contribution is 2.21. The molecule has 0 radical (unpaired) electrons. The van der Waals surface area contributed by atoms with Crippen LogP contribution in [0.1, 0.15) is 43.5 Å². The summed E-state index contributed by atoms with van der Waals surface area (Å²) in [5.41, 5.74) is -0.228. The third kappa shape index (κ3) is 5.73. The van der Waals surface area contributed by atoms with Crippen molar-refractivity contribution in [2.24, 2.45) is 0 Å². The predicted octanol–water partition coefficient (Wildman–Crippen LogP) is 2.18. The van der Waals surface area contributed by atoms with Crippen LogP contribution in [0.25, 0.3) is 0 Å². The number of carbonyl (C=O) groups is 2. The lowest BCUT2D eigenvalue weighted by atomic mass is 10.1. The Hall–Kier alpha value is -2.06. The topological polar surface area (TPSA) is 61.9 Å². The Morgan fingerprint density at radius 3 is 2.62 bits per heavy atom. The number of likely N-dealkylation sites (tertiary alicyclic amines) is 1. The van der Waals surface area contributed by atoms with Gasteiger partial charge in [-0.05, 0) is 38.8 Å². The van der Waals surface area contributed by atoms with E-state index in [0.717, 1.165) is 51.2 Å². The first-order valence-corrected chi connectivity index (χ1v) is 10.2. The maximum atomic E-state index is 13.7. The summed E-state index contributed by atoms with van der Waals surface area (Å²) in [6.07, 6.45) is 2.47. The van der Waals surface area contributed by atoms with Crippen LogP contribution in [-0.2, 0) is 9.53 Å². The zero-order valence-electron chi connectivity index (χ0n) is 17.0. The maximum Gasteiger partial charge on any atom is 0.254 e. The lowest BCUT2D eigenvalue weighted by molar-refractivity contribution is -0.132. The lowest BCUT2D eigenvalue weighted by Gasteiger charge is -2.38. The van der Waals surface area contributed by atoms with Crippen LogP contribution in [0.5, 0.6) is 0 Å². The van der Waals surface area contributed by atoms with Gasteiger partial charge in [-0.15, -0.1) is 0 Å². The van der Waals surface area contributed by atoms with E-state index < -0.39 is 17.5 Å². The summed E-state index contributed by atoms with van der Waals surface area (Å²) in [5.74, 6) is -2.31. The fourth-order valence-electron chi connectivity index (χ4n) is 4.28. The summed E-state index contributed by atoms with van der Waals surface area (Å²) in [4.78, 5) is 29.0. The fourth-order valence-corrected chi connectivity index (χ4v) is 4.28. The highest BCUT2D eigenvalue weighted by Gasteiger charge is 2.32. The van der Waals surface area contributed by atoms with Crippen LogP contribution in [-0.4, -0.2) is 72.6 Å². The molecule has 1 aromatic carbocycles. The SMILES string of the molecule is C[C@@H]1CN(C[C@H]2CCCN2C(=O)CCNC(=O)c2ccc(F)cc2F)C[C@@H](C)O1. The number of nitrogens with one attached hydrogen (secondary N) is 1. The lowest BCUT2D eigenvalue weighted by Crippen LogP contribution is -2.51. The summed E-state index contributed by atoms with van der Waals surface area (Å²) in [6.45, 7) is 7.52. The third-order valence-electron chi connectivity index (χ3n) is 5.46. The standard InChI is InChI=1S/C21H29F2N3O3/c1-14-11-25(12-15(2)29-14)13-17-4-3-9-26(17)20(27)7-8-24-21(28)18-6-5-16(22)10-19(18)23/h5-6,10,14-15,17H,3-4,7-9,11-13H2,1-2H3,(H,24,28)/t14-,15-,17-/m1/s1. The van der Waals surface area contributed by atoms with Crippen LogP contribution in [0, 0.1) is 11.6 Å². The molecule has 3 rings (SSSR count). The molecule has 160 valence electrons. The summed E-state index contributed by atoms with van der Waals surface area (Å²) in [5, 5.41) is 2.55. The first-order valence-electron chi connectivity index (χ1n) is 10.2. The molecule has 2 fully saturated rings. The van der Waals surface area contributed by atoms with E-state index in [2.05, 4.69) is 24.1 Å². The van der Waals surface area contributed by atoms with Crippen molar-refractivity contribution in [3.63, 3.8) is 0 Å². The Morgan fingerprint density at radius 1 is 1.21 bits per heavy atom. The second kappa shape index (κ2) is 9.63. The van der Waals surface area contributed by atoms with Crippen molar-refractivity contribution in [2.45, 2.75) is 51.4 Å². The van der Waals surface area contributed by atoms with Crippen LogP contribution in [0.15, 0.2) is 18.2 Å². The highest BCUT2D eigenvalue weighted by atomic mass is 19.1. The maximum absolute atomic E-state index is 13.7. The van der Waals surface area contributed by atoms with Crippen LogP contribution in [0.4, 0.5) is 8.78 Å². The molecular formula is C21H29F2N3O3. The second-order valence-corrected chi connectivity index (χ2v) is 7.99. The molecule has 0 saturated carbocycles. The number of carbonyl (C=O) groups excluding carboxylic acids is 2. The molecule has 0 bridgehead atoms. The van der Waals surface area contributed by atoms with Gasteiger partial charge < -0.3 is 15.0 Å². The van der Waals surface area contributed by atoms with Crippen molar-refractivity contribution in [3.05, 3.63) is 35.4 Å². The Morgan fingerprint density at radius 2 is 1.93 bits per heavy atom. The number of hydrogen-bond acceptors (Lipinski definition) is 4. The van der Waals surface area contributed by atoms with Gasteiger partial charge in [0, 0.05) is 51.3 Å². The monoisotopic (exact) mass is 409 g/mol. The van der Waals surface area contributed by atoms with Crippen LogP contribution in [0.2, 0.25) is 0 Å². The van der Waals surface area contributed by atoms with Crippen molar-refractivity contribution in [1.82, 2.24) is 15.1 Å². The molecule has 0 aliphatic carbocycles. The van der Waals surface area contributed by atoms with Crippen molar-refractivity contribution in [1.29, 1.82) is 0 Å². The molecular weight excluding hydrogens is 380 g/mol. The van der Waals surface area contributed by atoms with Gasteiger partial charge in [-0.3, -0.25) is 14.5 Å². The Balaban J connectivity index is 1.47. The van der Waals surface area contributed by atoms with E-state index in [0.29, 0.717) is 6.07 Å². The summed E-state index contributed by atoms with van der Waals surface area (Å²) in [7, 11) is 0. The first kappa shape index (κ1) is 21.6. The molecule has 2 amide bonds. The number of amides is 2. The van der Waals surface area contributed by atoms with Gasteiger partial charge in [-0.1, -0.05) is 0 Å². The van der Waals surface area contributed by atoms with Gasteiger partial charge in [-0.2, -0.15) is 0 Å². The fraction of sp³-hybridized carbons (Fsp3) is 0.619. The van der Waals surface area contributed by atoms with E-state index in [-0.39, 0.29) is 42.7 Å². The van der Waals surface area contributed by atoms with Gasteiger partial charge in [0.15, 0.2) is 0 Å². The van der Waals surface area contributed by atoms with Crippen molar-refractivity contribution in [2.75, 3.05) is 32.7 Å². The third-order valence-corrected chi connectivity index (χ3v) is 5.46. The van der Waals surface area contributed by atoms with E-state index in [1.165, 1.54) is 0 Å². The number of ether oxygens (including phenoxy) is 1. The molecule has 8 heteroatoms. The minimum Gasteiger partial charge on any atom is -0.373 e. The number of nitrogens with zero attached hydrogens (tertiary/aromatic N) is 2. The molecule has 0 spiro atoms. The molecule has 0 unspecified atom stereocenters. The summed E-state index contributed by atoms with van der Waals surface area (Å²) >= 11 is 0. The Kier molecular flexibility index (Phi) is 7.18. The minimum atomic E-state index is -0.914. The van der Waals surface area contributed by atoms with E-state index >= 15 is 0 Å². The van der Waals surface area contributed by atoms with Gasteiger partial charge >= 0.3 is 0 Å². The normalized spacial score (nSPS) is 25.2. The van der Waals surface area contributed by atoms with Gasteiger partial charge in [0.05, 0.1) is 17.8 Å². The van der Waals surface area contributed by atoms with E-state index in [1.54, 1.807) is 0 Å². The van der Waals surface area contributed by atoms with E-state index in [9.17, 15) is 18.4 Å². The van der Waals surface area contributed by atoms with Crippen molar-refractivity contribution >= 4 is 11.8 Å². The quantitative estimate of drug-likeness (QED) is 0.783. The number of halogens is 2. The molecule has 1 N–H and O–H groups in total. The predicted molar refractivity (Wildman–Crippen MR) is 104 cm³/mol. The Labute approximate surface area is 170 Å². The molecule has 2 aliphatic heterocycles. The largest absolute Gasteiger partial charge is 0.373 e. The van der Waals surface area contributed by atoms with E-state index in [1.807, 2.05) is 4.90 Å².